The van der Waals surface area contributed by atoms with Crippen LogP contribution in [-0.4, -0.2) is 10.2 Å². The average Bonchev–Trinajstić information content (AvgIpc) is 2.40. The second kappa shape index (κ2) is 2.53. The standard InChI is InChI=1S/C9H12N2/c1-7-4-2-3-5-8-6-10-11-9(7)8/h6H,1-5H2,(H,10,11). The van der Waals surface area contributed by atoms with Gasteiger partial charge in [-0.3, -0.25) is 5.10 Å². The molecule has 0 unspecified atom stereocenters. The van der Waals surface area contributed by atoms with E-state index in [2.05, 4.69) is 16.8 Å². The van der Waals surface area contributed by atoms with Crippen molar-refractivity contribution in [2.45, 2.75) is 25.7 Å². The summed E-state index contributed by atoms with van der Waals surface area (Å²) in [5.74, 6) is 0. The molecule has 0 aliphatic heterocycles. The molecule has 1 aliphatic carbocycles. The van der Waals surface area contributed by atoms with E-state index in [0.29, 0.717) is 0 Å². The van der Waals surface area contributed by atoms with E-state index in [0.717, 1.165) is 12.8 Å². The van der Waals surface area contributed by atoms with Gasteiger partial charge in [-0.1, -0.05) is 6.58 Å². The van der Waals surface area contributed by atoms with Crippen LogP contribution in [0.4, 0.5) is 0 Å². The average molecular weight is 148 g/mol. The van der Waals surface area contributed by atoms with Crippen LogP contribution < -0.4 is 0 Å². The van der Waals surface area contributed by atoms with Gasteiger partial charge in [0, 0.05) is 0 Å². The van der Waals surface area contributed by atoms with Gasteiger partial charge in [-0.25, -0.2) is 0 Å². The Labute approximate surface area is 66.3 Å². The van der Waals surface area contributed by atoms with Crippen LogP contribution in [0.1, 0.15) is 30.5 Å². The summed E-state index contributed by atoms with van der Waals surface area (Å²) in [5.41, 5.74) is 3.74. The van der Waals surface area contributed by atoms with Crippen molar-refractivity contribution in [2.24, 2.45) is 0 Å². The molecule has 0 fully saturated rings. The second-order valence-corrected chi connectivity index (χ2v) is 3.08. The molecule has 0 aromatic carbocycles. The minimum atomic E-state index is 1.12. The van der Waals surface area contributed by atoms with E-state index in [9.17, 15) is 0 Å². The van der Waals surface area contributed by atoms with Crippen molar-refractivity contribution in [3.63, 3.8) is 0 Å². The highest BCUT2D eigenvalue weighted by molar-refractivity contribution is 5.63. The molecule has 1 aliphatic rings. The SMILES string of the molecule is C=C1CCCCc2cn[nH]c21. The van der Waals surface area contributed by atoms with Gasteiger partial charge in [0.25, 0.3) is 0 Å². The van der Waals surface area contributed by atoms with Gasteiger partial charge in [-0.15, -0.1) is 0 Å². The molecule has 0 spiro atoms. The Morgan fingerprint density at radius 1 is 1.36 bits per heavy atom. The molecule has 0 radical (unpaired) electrons. The number of hydrogen-bond donors (Lipinski definition) is 1. The Kier molecular flexibility index (Phi) is 1.53. The van der Waals surface area contributed by atoms with E-state index in [1.165, 1.54) is 29.7 Å². The number of nitrogens with one attached hydrogen (secondary N) is 1. The zero-order valence-electron chi connectivity index (χ0n) is 6.56. The van der Waals surface area contributed by atoms with Crippen molar-refractivity contribution in [1.82, 2.24) is 10.2 Å². The van der Waals surface area contributed by atoms with Crippen LogP contribution >= 0.6 is 0 Å². The Morgan fingerprint density at radius 3 is 3.09 bits per heavy atom. The number of allylic oxidation sites excluding steroid dienone is 1. The smallest absolute Gasteiger partial charge is 0.0635 e. The highest BCUT2D eigenvalue weighted by Crippen LogP contribution is 2.25. The first-order valence-corrected chi connectivity index (χ1v) is 4.08. The highest BCUT2D eigenvalue weighted by atomic mass is 15.1. The van der Waals surface area contributed by atoms with Gasteiger partial charge in [0.2, 0.25) is 0 Å². The lowest BCUT2D eigenvalue weighted by Gasteiger charge is -1.97. The number of fused-ring (bicyclic) bond motifs is 1. The lowest BCUT2D eigenvalue weighted by atomic mass is 10.1. The number of hydrogen-bond acceptors (Lipinski definition) is 1. The molecule has 1 N–H and O–H groups in total. The molecule has 0 saturated heterocycles. The fourth-order valence-electron chi connectivity index (χ4n) is 1.59. The monoisotopic (exact) mass is 148 g/mol. The van der Waals surface area contributed by atoms with Gasteiger partial charge in [0.05, 0.1) is 11.9 Å². The van der Waals surface area contributed by atoms with Gasteiger partial charge in [-0.2, -0.15) is 5.10 Å². The van der Waals surface area contributed by atoms with Crippen LogP contribution in [0.5, 0.6) is 0 Å². The Balaban J connectivity index is 2.41. The lowest BCUT2D eigenvalue weighted by Crippen LogP contribution is -1.84. The van der Waals surface area contributed by atoms with Crippen LogP contribution in [0.15, 0.2) is 12.8 Å². The molecular weight excluding hydrogens is 136 g/mol. The maximum atomic E-state index is 4.02. The van der Waals surface area contributed by atoms with E-state index in [1.807, 2.05) is 6.20 Å². The van der Waals surface area contributed by atoms with Crippen molar-refractivity contribution >= 4 is 5.57 Å². The maximum absolute atomic E-state index is 4.02. The lowest BCUT2D eigenvalue weighted by molar-refractivity contribution is 0.770. The van der Waals surface area contributed by atoms with Crippen LogP contribution in [0.3, 0.4) is 0 Å². The minimum absolute atomic E-state index is 1.12. The van der Waals surface area contributed by atoms with Gasteiger partial charge >= 0.3 is 0 Å². The van der Waals surface area contributed by atoms with E-state index in [4.69, 9.17) is 0 Å². The zero-order chi connectivity index (χ0) is 7.68. The van der Waals surface area contributed by atoms with Crippen LogP contribution in [0, 0.1) is 0 Å². The molecule has 11 heavy (non-hydrogen) atoms. The first-order chi connectivity index (χ1) is 5.38. The zero-order valence-corrected chi connectivity index (χ0v) is 6.56. The Hall–Kier alpha value is -1.05. The summed E-state index contributed by atoms with van der Waals surface area (Å²) in [5, 5.41) is 7.01. The molecule has 0 atom stereocenters. The summed E-state index contributed by atoms with van der Waals surface area (Å²) in [4.78, 5) is 0. The molecule has 2 rings (SSSR count). The van der Waals surface area contributed by atoms with Crippen LogP contribution in [-0.2, 0) is 6.42 Å². The number of aromatic amines is 1. The van der Waals surface area contributed by atoms with E-state index in [-0.39, 0.29) is 0 Å². The summed E-state index contributed by atoms with van der Waals surface area (Å²) in [6.45, 7) is 4.02. The quantitative estimate of drug-likeness (QED) is 0.561. The Bertz CT molecular complexity index is 273. The minimum Gasteiger partial charge on any atom is -0.278 e. The molecule has 1 heterocycles. The molecule has 2 nitrogen and oxygen atoms in total. The van der Waals surface area contributed by atoms with Gasteiger partial charge in [0.1, 0.15) is 0 Å². The first-order valence-electron chi connectivity index (χ1n) is 4.08. The third-order valence-corrected chi connectivity index (χ3v) is 2.25. The molecule has 1 aromatic heterocycles. The molecule has 58 valence electrons. The number of aromatic nitrogens is 2. The molecular formula is C9H12N2. The van der Waals surface area contributed by atoms with Crippen molar-refractivity contribution in [3.05, 3.63) is 24.0 Å². The van der Waals surface area contributed by atoms with Gasteiger partial charge in [-0.05, 0) is 36.8 Å². The largest absolute Gasteiger partial charge is 0.278 e. The number of nitrogens with zero attached hydrogens (tertiary/aromatic N) is 1. The van der Waals surface area contributed by atoms with E-state index >= 15 is 0 Å². The van der Waals surface area contributed by atoms with Crippen molar-refractivity contribution < 1.29 is 0 Å². The number of H-pyrrole nitrogens is 1. The first kappa shape index (κ1) is 6.65. The summed E-state index contributed by atoms with van der Waals surface area (Å²) in [6, 6.07) is 0. The molecule has 1 aromatic rings. The van der Waals surface area contributed by atoms with Crippen LogP contribution in [0.2, 0.25) is 0 Å². The predicted octanol–water partition coefficient (Wildman–Crippen LogP) is 2.15. The third kappa shape index (κ3) is 1.09. The van der Waals surface area contributed by atoms with Gasteiger partial charge < -0.3 is 0 Å². The molecule has 0 saturated carbocycles. The molecule has 2 heteroatoms. The van der Waals surface area contributed by atoms with E-state index in [1.54, 1.807) is 0 Å². The Morgan fingerprint density at radius 2 is 2.18 bits per heavy atom. The summed E-state index contributed by atoms with van der Waals surface area (Å²) in [6.07, 6.45) is 6.73. The number of aryl methyl sites for hydroxylation is 1. The fourth-order valence-corrected chi connectivity index (χ4v) is 1.59. The second-order valence-electron chi connectivity index (χ2n) is 3.08. The van der Waals surface area contributed by atoms with Crippen molar-refractivity contribution in [1.29, 1.82) is 0 Å². The summed E-state index contributed by atoms with van der Waals surface area (Å²) in [7, 11) is 0. The maximum Gasteiger partial charge on any atom is 0.0635 e. The summed E-state index contributed by atoms with van der Waals surface area (Å²) >= 11 is 0. The third-order valence-electron chi connectivity index (χ3n) is 2.25. The molecule has 0 amide bonds. The van der Waals surface area contributed by atoms with Crippen LogP contribution in [0.25, 0.3) is 5.57 Å². The van der Waals surface area contributed by atoms with Crippen molar-refractivity contribution in [3.8, 4) is 0 Å². The van der Waals surface area contributed by atoms with Crippen molar-refractivity contribution in [2.75, 3.05) is 0 Å². The van der Waals surface area contributed by atoms with E-state index < -0.39 is 0 Å². The summed E-state index contributed by atoms with van der Waals surface area (Å²) < 4.78 is 0. The fraction of sp³-hybridized carbons (Fsp3) is 0.444. The normalized spacial score (nSPS) is 17.6. The predicted molar refractivity (Wildman–Crippen MR) is 45.2 cm³/mol. The number of rotatable bonds is 0. The topological polar surface area (TPSA) is 28.7 Å². The van der Waals surface area contributed by atoms with Gasteiger partial charge in [0.15, 0.2) is 0 Å². The molecule has 0 bridgehead atoms. The highest BCUT2D eigenvalue weighted by Gasteiger charge is 2.11.